The van der Waals surface area contributed by atoms with Crippen molar-refractivity contribution in [2.45, 2.75) is 37.0 Å². The molecule has 3 aromatic carbocycles. The predicted molar refractivity (Wildman–Crippen MR) is 149 cm³/mol. The number of imide groups is 1. The molecule has 3 amide bonds. The molecule has 0 aliphatic carbocycles. The average molecular weight is 624 g/mol. The fraction of sp³-hybridized carbons (Fsp3) is 0.250. The highest BCUT2D eigenvalue weighted by Crippen LogP contribution is 2.38. The number of carbonyl (C=O) groups is 2. The topological polar surface area (TPSA) is 102 Å². The van der Waals surface area contributed by atoms with Crippen LogP contribution in [0.2, 0.25) is 0 Å². The van der Waals surface area contributed by atoms with Crippen molar-refractivity contribution in [3.63, 3.8) is 0 Å². The molecule has 1 aliphatic rings. The summed E-state index contributed by atoms with van der Waals surface area (Å²) in [6, 6.07) is 9.96. The molecule has 0 aromatic heterocycles. The second kappa shape index (κ2) is 11.3. The summed E-state index contributed by atoms with van der Waals surface area (Å²) in [5, 5.41) is 2.92. The minimum absolute atomic E-state index is 0.127. The Kier molecular flexibility index (Phi) is 8.24. The molecule has 0 saturated carbocycles. The van der Waals surface area contributed by atoms with Crippen molar-refractivity contribution >= 4 is 45.4 Å². The summed E-state index contributed by atoms with van der Waals surface area (Å²) >= 11 is 0. The van der Waals surface area contributed by atoms with Gasteiger partial charge in [-0.05, 0) is 67.9 Å². The zero-order valence-corrected chi connectivity index (χ0v) is 24.1. The van der Waals surface area contributed by atoms with Crippen LogP contribution in [0.1, 0.15) is 25.0 Å². The molecule has 1 N–H and O–H groups in total. The molecule has 3 aromatic rings. The lowest BCUT2D eigenvalue weighted by atomic mass is 10.0. The highest BCUT2D eigenvalue weighted by molar-refractivity contribution is 7.90. The van der Waals surface area contributed by atoms with E-state index in [0.29, 0.717) is 22.6 Å². The van der Waals surface area contributed by atoms with Gasteiger partial charge in [-0.3, -0.25) is 4.79 Å². The predicted octanol–water partition coefficient (Wildman–Crippen LogP) is 5.75. The summed E-state index contributed by atoms with van der Waals surface area (Å²) in [4.78, 5) is 29.7. The molecule has 15 heteroatoms. The summed E-state index contributed by atoms with van der Waals surface area (Å²) < 4.78 is 97.0. The summed E-state index contributed by atoms with van der Waals surface area (Å²) in [6.45, 7) is 2.48. The van der Waals surface area contributed by atoms with Gasteiger partial charge in [0.1, 0.15) is 23.5 Å². The van der Waals surface area contributed by atoms with Crippen molar-refractivity contribution in [3.8, 4) is 0 Å². The lowest BCUT2D eigenvalue weighted by Gasteiger charge is -2.28. The van der Waals surface area contributed by atoms with E-state index in [9.17, 15) is 40.0 Å². The Morgan fingerprint density at radius 3 is 2.35 bits per heavy atom. The number of anilines is 3. The average Bonchev–Trinajstić information content (AvgIpc) is 3.08. The van der Waals surface area contributed by atoms with Crippen molar-refractivity contribution in [2.75, 3.05) is 24.3 Å². The highest BCUT2D eigenvalue weighted by atomic mass is 32.2. The molecule has 1 saturated heterocycles. The van der Waals surface area contributed by atoms with E-state index in [1.807, 2.05) is 0 Å². The largest absolute Gasteiger partial charge is 0.419 e. The van der Waals surface area contributed by atoms with E-state index in [1.54, 1.807) is 14.1 Å². The maximum Gasteiger partial charge on any atom is 0.419 e. The van der Waals surface area contributed by atoms with Crippen LogP contribution >= 0.6 is 0 Å². The van der Waals surface area contributed by atoms with E-state index in [0.717, 1.165) is 29.4 Å². The fourth-order valence-corrected chi connectivity index (χ4v) is 5.24. The molecule has 0 radical (unpaired) electrons. The van der Waals surface area contributed by atoms with E-state index in [1.165, 1.54) is 49.1 Å². The van der Waals surface area contributed by atoms with E-state index >= 15 is 0 Å². The van der Waals surface area contributed by atoms with Crippen molar-refractivity contribution in [2.24, 2.45) is 4.40 Å². The lowest BCUT2D eigenvalue weighted by Crippen LogP contribution is -2.43. The third-order valence-corrected chi connectivity index (χ3v) is 7.79. The monoisotopic (exact) mass is 623 g/mol. The molecular formula is C28H26F5N5O4S. The highest BCUT2D eigenvalue weighted by Gasteiger charge is 2.52. The van der Waals surface area contributed by atoms with Crippen molar-refractivity contribution in [1.82, 2.24) is 9.80 Å². The summed E-state index contributed by atoms with van der Waals surface area (Å²) in [7, 11) is -0.863. The maximum absolute atomic E-state index is 14.3. The van der Waals surface area contributed by atoms with E-state index in [2.05, 4.69) is 9.71 Å². The first-order chi connectivity index (χ1) is 19.9. The molecular weight excluding hydrogens is 597 g/mol. The standard InChI is InChI=1S/C28H26F5N5O4S/c1-27(2)25(39)38(20-10-11-23(30)22(14-20)28(31,32)33)26(40)37(27)15-17-8-9-18(29)12-24(17)35-19-6-5-7-21(13-19)43(41,42)34-16-36(3)4/h5-14,16,35H,15H2,1-4H3/b34-16+. The number of carbonyl (C=O) groups excluding carboxylic acids is 2. The Morgan fingerprint density at radius 2 is 1.70 bits per heavy atom. The van der Waals surface area contributed by atoms with Crippen molar-refractivity contribution in [1.29, 1.82) is 0 Å². The van der Waals surface area contributed by atoms with E-state index < -0.39 is 56.6 Å². The molecule has 228 valence electrons. The molecule has 0 spiro atoms. The summed E-state index contributed by atoms with van der Waals surface area (Å²) in [5.41, 5.74) is -3.00. The molecule has 1 aliphatic heterocycles. The number of nitrogens with zero attached hydrogens (tertiary/aromatic N) is 4. The zero-order chi connectivity index (χ0) is 31.9. The van der Waals surface area contributed by atoms with Crippen LogP contribution in [0.15, 0.2) is 70.0 Å². The first-order valence-corrected chi connectivity index (χ1v) is 14.0. The van der Waals surface area contributed by atoms with Crippen LogP contribution in [0, 0.1) is 11.6 Å². The second-order valence-electron chi connectivity index (χ2n) is 10.3. The van der Waals surface area contributed by atoms with Gasteiger partial charge < -0.3 is 15.1 Å². The number of nitrogens with one attached hydrogen (secondary N) is 1. The third-order valence-electron chi connectivity index (χ3n) is 6.57. The minimum atomic E-state index is -5.06. The Morgan fingerprint density at radius 1 is 1.00 bits per heavy atom. The zero-order valence-electron chi connectivity index (χ0n) is 23.3. The van der Waals surface area contributed by atoms with Gasteiger partial charge in [0.25, 0.3) is 15.9 Å². The normalized spacial score (nSPS) is 15.5. The van der Waals surface area contributed by atoms with E-state index in [4.69, 9.17) is 0 Å². The minimum Gasteiger partial charge on any atom is -0.368 e. The molecule has 9 nitrogen and oxygen atoms in total. The van der Waals surface area contributed by atoms with Gasteiger partial charge in [0.15, 0.2) is 0 Å². The van der Waals surface area contributed by atoms with Gasteiger partial charge in [-0.25, -0.2) is 18.5 Å². The number of rotatable bonds is 8. The van der Waals surface area contributed by atoms with E-state index in [-0.39, 0.29) is 22.8 Å². The van der Waals surface area contributed by atoms with Gasteiger partial charge >= 0.3 is 12.2 Å². The first kappa shape index (κ1) is 31.4. The SMILES string of the molecule is CN(C)/C=N/S(=O)(=O)c1cccc(Nc2cc(F)ccc2CN2C(=O)N(c3ccc(F)c(C(F)(F)F)c3)C(=O)C2(C)C)c1. The smallest absolute Gasteiger partial charge is 0.368 e. The number of halogens is 5. The van der Waals surface area contributed by atoms with Crippen LogP contribution in [-0.2, 0) is 27.5 Å². The Bertz CT molecular complexity index is 1720. The fourth-order valence-electron chi connectivity index (χ4n) is 4.28. The molecule has 1 fully saturated rings. The van der Waals surface area contributed by atoms with Gasteiger partial charge in [-0.1, -0.05) is 12.1 Å². The van der Waals surface area contributed by atoms with Gasteiger partial charge in [-0.2, -0.15) is 21.6 Å². The number of benzene rings is 3. The molecule has 0 unspecified atom stereocenters. The van der Waals surface area contributed by atoms with Crippen LogP contribution in [0.5, 0.6) is 0 Å². The molecule has 4 rings (SSSR count). The van der Waals surface area contributed by atoms with Crippen LogP contribution in [-0.4, -0.2) is 56.1 Å². The van der Waals surface area contributed by atoms with Gasteiger partial charge in [-0.15, -0.1) is 4.40 Å². The Labute approximate surface area is 244 Å². The second-order valence-corrected chi connectivity index (χ2v) is 12.0. The van der Waals surface area contributed by atoms with Crippen LogP contribution in [0.4, 0.5) is 43.8 Å². The lowest BCUT2D eigenvalue weighted by molar-refractivity contribution is -0.140. The number of alkyl halides is 3. The maximum atomic E-state index is 14.3. The number of hydrogen-bond acceptors (Lipinski definition) is 5. The molecule has 43 heavy (non-hydrogen) atoms. The van der Waals surface area contributed by atoms with Crippen LogP contribution in [0.25, 0.3) is 0 Å². The number of urea groups is 1. The van der Waals surface area contributed by atoms with Crippen LogP contribution in [0.3, 0.4) is 0 Å². The van der Waals surface area contributed by atoms with Gasteiger partial charge in [0, 0.05) is 25.5 Å². The molecule has 1 heterocycles. The number of amides is 3. The number of hydrogen-bond donors (Lipinski definition) is 1. The van der Waals surface area contributed by atoms with Gasteiger partial charge in [0.05, 0.1) is 22.7 Å². The quantitative estimate of drug-likeness (QED) is 0.148. The van der Waals surface area contributed by atoms with Crippen LogP contribution < -0.4 is 10.2 Å². The van der Waals surface area contributed by atoms with Crippen molar-refractivity contribution in [3.05, 3.63) is 83.4 Å². The third kappa shape index (κ3) is 6.45. The van der Waals surface area contributed by atoms with Gasteiger partial charge in [0.2, 0.25) is 0 Å². The molecule has 0 atom stereocenters. The Hall–Kier alpha value is -4.53. The Balaban J connectivity index is 1.67. The summed E-state index contributed by atoms with van der Waals surface area (Å²) in [5.74, 6) is -3.08. The van der Waals surface area contributed by atoms with Crippen molar-refractivity contribution < 1.29 is 40.0 Å². The number of sulfonamides is 1. The first-order valence-electron chi connectivity index (χ1n) is 12.6. The summed E-state index contributed by atoms with van der Waals surface area (Å²) in [6.07, 6.45) is -3.94. The molecule has 0 bridgehead atoms.